The predicted molar refractivity (Wildman–Crippen MR) is 163 cm³/mol. The van der Waals surface area contributed by atoms with Crippen molar-refractivity contribution in [3.63, 3.8) is 0 Å². The van der Waals surface area contributed by atoms with E-state index in [1.165, 1.54) is 19.2 Å². The van der Waals surface area contributed by atoms with E-state index in [4.69, 9.17) is 14.2 Å². The van der Waals surface area contributed by atoms with Gasteiger partial charge in [0.05, 0.1) is 42.6 Å². The highest BCUT2D eigenvalue weighted by Gasteiger charge is 2.30. The summed E-state index contributed by atoms with van der Waals surface area (Å²) in [6, 6.07) is 16.0. The zero-order valence-electron chi connectivity index (χ0n) is 25.0. The van der Waals surface area contributed by atoms with Crippen LogP contribution in [0.2, 0.25) is 0 Å². The fourth-order valence-electron chi connectivity index (χ4n) is 4.71. The number of benzene rings is 2. The van der Waals surface area contributed by atoms with E-state index in [1.54, 1.807) is 12.1 Å². The molecule has 42 heavy (non-hydrogen) atoms. The van der Waals surface area contributed by atoms with Gasteiger partial charge in [0.1, 0.15) is 5.82 Å². The van der Waals surface area contributed by atoms with Crippen molar-refractivity contribution < 1.29 is 27.0 Å². The summed E-state index contributed by atoms with van der Waals surface area (Å²) in [5.41, 5.74) is 3.60. The molecule has 226 valence electrons. The lowest BCUT2D eigenvalue weighted by molar-refractivity contribution is -0.225. The maximum Gasteiger partial charge on any atom is 0.239 e. The third kappa shape index (κ3) is 8.44. The number of ether oxygens (including phenoxy) is 3. The molecule has 8 nitrogen and oxygen atoms in total. The average molecular weight is 598 g/mol. The molecule has 3 aromatic rings. The molecule has 2 aromatic carbocycles. The predicted octanol–water partition coefficient (Wildman–Crippen LogP) is 6.33. The molecule has 2 heterocycles. The first-order valence-corrected chi connectivity index (χ1v) is 16.0. The van der Waals surface area contributed by atoms with Crippen LogP contribution in [0.15, 0.2) is 60.7 Å². The van der Waals surface area contributed by atoms with Crippen molar-refractivity contribution in [2.75, 3.05) is 17.6 Å². The Balaban J connectivity index is 1.70. The zero-order valence-corrected chi connectivity index (χ0v) is 25.8. The monoisotopic (exact) mass is 597 g/mol. The van der Waals surface area contributed by atoms with Crippen LogP contribution in [-0.4, -0.2) is 56.3 Å². The van der Waals surface area contributed by atoms with Gasteiger partial charge in [-0.2, -0.15) is 0 Å². The number of aromatic nitrogens is 2. The Morgan fingerprint density at radius 3 is 2.36 bits per heavy atom. The van der Waals surface area contributed by atoms with Gasteiger partial charge in [-0.25, -0.2) is 27.1 Å². The van der Waals surface area contributed by atoms with Gasteiger partial charge in [-0.1, -0.05) is 56.3 Å². The Morgan fingerprint density at radius 2 is 1.74 bits per heavy atom. The van der Waals surface area contributed by atoms with E-state index in [0.29, 0.717) is 42.0 Å². The smallest absolute Gasteiger partial charge is 0.239 e. The topological polar surface area (TPSA) is 90.9 Å². The molecule has 0 amide bonds. The molecule has 1 aliphatic heterocycles. The van der Waals surface area contributed by atoms with Gasteiger partial charge in [0.15, 0.2) is 6.29 Å². The minimum atomic E-state index is -3.61. The van der Waals surface area contributed by atoms with E-state index < -0.39 is 16.3 Å². The second-order valence-electron chi connectivity index (χ2n) is 11.1. The SMILES string of the molecule is CC(C)OC1C[C@H](OCc2ccccc2)C[C@@H](C=Cc2c(-c3ccc(F)cc3)nc(N(C)S(C)(=O)=O)nc2C(C)C)O1. The van der Waals surface area contributed by atoms with Crippen molar-refractivity contribution >= 4 is 22.0 Å². The minimum Gasteiger partial charge on any atom is -0.373 e. The first-order chi connectivity index (χ1) is 19.9. The summed E-state index contributed by atoms with van der Waals surface area (Å²) in [5, 5.41) is 0. The van der Waals surface area contributed by atoms with Crippen molar-refractivity contribution in [1.82, 2.24) is 9.97 Å². The number of sulfonamides is 1. The Labute approximate surface area is 248 Å². The van der Waals surface area contributed by atoms with E-state index in [2.05, 4.69) is 9.97 Å². The van der Waals surface area contributed by atoms with Crippen LogP contribution in [0.1, 0.15) is 63.3 Å². The highest BCUT2D eigenvalue weighted by atomic mass is 32.2. The van der Waals surface area contributed by atoms with Gasteiger partial charge < -0.3 is 14.2 Å². The summed E-state index contributed by atoms with van der Waals surface area (Å²) in [5.74, 6) is -0.396. The third-order valence-corrected chi connectivity index (χ3v) is 8.07. The molecule has 0 aliphatic carbocycles. The standard InChI is InChI=1S/C32H40FN3O5S/c1-21(2)30-28(31(24-12-14-25(33)15-13-24)35-32(34-30)36(5)42(6,37)38)17-16-26-18-27(19-29(41-26)40-22(3)4)39-20-23-10-8-7-9-11-23/h7-17,21-22,26-27,29H,18-20H2,1-6H3/t26-,27-,29?/m1/s1. The molecule has 1 aromatic heterocycles. The number of halogens is 1. The van der Waals surface area contributed by atoms with Gasteiger partial charge in [-0.05, 0) is 49.6 Å². The van der Waals surface area contributed by atoms with E-state index in [0.717, 1.165) is 16.1 Å². The van der Waals surface area contributed by atoms with E-state index >= 15 is 0 Å². The largest absolute Gasteiger partial charge is 0.373 e. The average Bonchev–Trinajstić information content (AvgIpc) is 2.94. The molecule has 0 radical (unpaired) electrons. The normalized spacial score (nSPS) is 19.6. The third-order valence-electron chi connectivity index (χ3n) is 6.91. The summed E-state index contributed by atoms with van der Waals surface area (Å²) in [6.45, 7) is 8.40. The lowest BCUT2D eigenvalue weighted by Crippen LogP contribution is -2.38. The lowest BCUT2D eigenvalue weighted by atomic mass is 9.96. The van der Waals surface area contributed by atoms with Gasteiger partial charge in [-0.15, -0.1) is 0 Å². The molecular weight excluding hydrogens is 557 g/mol. The molecule has 4 rings (SSSR count). The summed E-state index contributed by atoms with van der Waals surface area (Å²) >= 11 is 0. The number of hydrogen-bond donors (Lipinski definition) is 0. The van der Waals surface area contributed by atoms with Crippen LogP contribution >= 0.6 is 0 Å². The molecule has 0 saturated carbocycles. The van der Waals surface area contributed by atoms with Crippen LogP contribution < -0.4 is 4.31 Å². The molecule has 0 spiro atoms. The second-order valence-corrected chi connectivity index (χ2v) is 13.1. The molecule has 1 saturated heterocycles. The number of rotatable bonds is 11. The fraction of sp³-hybridized carbons (Fsp3) is 0.438. The molecule has 0 N–H and O–H groups in total. The van der Waals surface area contributed by atoms with Gasteiger partial charge in [-0.3, -0.25) is 0 Å². The van der Waals surface area contributed by atoms with Crippen LogP contribution in [0.3, 0.4) is 0 Å². The van der Waals surface area contributed by atoms with Crippen molar-refractivity contribution in [2.24, 2.45) is 0 Å². The summed E-state index contributed by atoms with van der Waals surface area (Å²) in [7, 11) is -2.20. The molecule has 0 bridgehead atoms. The Hall–Kier alpha value is -3.18. The highest BCUT2D eigenvalue weighted by Crippen LogP contribution is 2.33. The van der Waals surface area contributed by atoms with Crippen molar-refractivity contribution in [1.29, 1.82) is 0 Å². The highest BCUT2D eigenvalue weighted by molar-refractivity contribution is 7.92. The van der Waals surface area contributed by atoms with Crippen LogP contribution in [0, 0.1) is 5.82 Å². The lowest BCUT2D eigenvalue weighted by Gasteiger charge is -2.35. The summed E-state index contributed by atoms with van der Waals surface area (Å²) in [4.78, 5) is 9.31. The number of anilines is 1. The quantitative estimate of drug-likeness (QED) is 0.255. The summed E-state index contributed by atoms with van der Waals surface area (Å²) < 4.78 is 58.2. The first-order valence-electron chi connectivity index (χ1n) is 14.2. The second kappa shape index (κ2) is 13.9. The van der Waals surface area contributed by atoms with Crippen LogP contribution in [0.5, 0.6) is 0 Å². The number of hydrogen-bond acceptors (Lipinski definition) is 7. The maximum absolute atomic E-state index is 13.8. The molecule has 3 atom stereocenters. The van der Waals surface area contributed by atoms with Gasteiger partial charge in [0.2, 0.25) is 16.0 Å². The van der Waals surface area contributed by atoms with Crippen molar-refractivity contribution in [3.05, 3.63) is 83.3 Å². The fourth-order valence-corrected chi connectivity index (χ4v) is 5.09. The van der Waals surface area contributed by atoms with E-state index in [1.807, 2.05) is 70.2 Å². The zero-order chi connectivity index (χ0) is 30.4. The van der Waals surface area contributed by atoms with Gasteiger partial charge in [0.25, 0.3) is 0 Å². The molecular formula is C32H40FN3O5S. The molecule has 10 heteroatoms. The van der Waals surface area contributed by atoms with Crippen LogP contribution in [0.25, 0.3) is 17.3 Å². The van der Waals surface area contributed by atoms with Gasteiger partial charge >= 0.3 is 0 Å². The molecule has 1 fully saturated rings. The Bertz CT molecular complexity index is 1460. The summed E-state index contributed by atoms with van der Waals surface area (Å²) in [6.07, 6.45) is 5.35. The first kappa shape index (κ1) is 31.7. The molecule has 1 unspecified atom stereocenters. The van der Waals surface area contributed by atoms with Crippen LogP contribution in [0.4, 0.5) is 10.3 Å². The van der Waals surface area contributed by atoms with Crippen molar-refractivity contribution in [2.45, 2.75) is 77.7 Å². The van der Waals surface area contributed by atoms with Crippen LogP contribution in [-0.2, 0) is 30.8 Å². The number of nitrogens with zero attached hydrogens (tertiary/aromatic N) is 3. The molecule has 1 aliphatic rings. The van der Waals surface area contributed by atoms with E-state index in [-0.39, 0.29) is 36.0 Å². The van der Waals surface area contributed by atoms with Gasteiger partial charge in [0, 0.05) is 31.0 Å². The maximum atomic E-state index is 13.8. The van der Waals surface area contributed by atoms with Crippen molar-refractivity contribution in [3.8, 4) is 11.3 Å². The van der Waals surface area contributed by atoms with E-state index in [9.17, 15) is 12.8 Å². The Kier molecular flexibility index (Phi) is 10.5. The minimum absolute atomic E-state index is 0.0158. The Morgan fingerprint density at radius 1 is 1.05 bits per heavy atom.